The van der Waals surface area contributed by atoms with Crippen molar-refractivity contribution in [1.29, 1.82) is 0 Å². The molecule has 2 aromatic rings. The normalized spacial score (nSPS) is 23.3. The van der Waals surface area contributed by atoms with Crippen LogP contribution in [0.2, 0.25) is 0 Å². The molecule has 0 radical (unpaired) electrons. The summed E-state index contributed by atoms with van der Waals surface area (Å²) in [4.78, 5) is 21.0. The van der Waals surface area contributed by atoms with Crippen LogP contribution < -0.4 is 15.0 Å². The zero-order valence-electron chi connectivity index (χ0n) is 16.7. The fourth-order valence-electron chi connectivity index (χ4n) is 4.63. The smallest absolute Gasteiger partial charge is 0.412 e. The molecule has 148 valence electrons. The molecule has 1 aromatic carbocycles. The lowest BCUT2D eigenvalue weighted by molar-refractivity contribution is 0.155. The molecule has 1 N–H and O–H groups in total. The van der Waals surface area contributed by atoms with E-state index in [0.717, 1.165) is 24.2 Å². The molecule has 7 heteroatoms. The van der Waals surface area contributed by atoms with E-state index in [1.807, 2.05) is 24.3 Å². The van der Waals surface area contributed by atoms with Gasteiger partial charge >= 0.3 is 6.09 Å². The number of hydrogen-bond donors (Lipinski definition) is 1. The molecule has 2 aliphatic rings. The van der Waals surface area contributed by atoms with Gasteiger partial charge in [-0.05, 0) is 42.8 Å². The minimum absolute atomic E-state index is 0.0163. The van der Waals surface area contributed by atoms with Crippen LogP contribution in [0.25, 0.3) is 0 Å². The molecule has 0 spiro atoms. The SMILES string of the molecule is COc1cc2c(cc1NC(=O)OCc1ccncc1)C1(C)CCN(C)C1N2C. The quantitative estimate of drug-likeness (QED) is 0.876. The Bertz CT molecular complexity index is 889. The number of nitrogens with one attached hydrogen (secondary N) is 1. The molecule has 2 atom stereocenters. The maximum Gasteiger partial charge on any atom is 0.412 e. The predicted octanol–water partition coefficient (Wildman–Crippen LogP) is 3.21. The Morgan fingerprint density at radius 3 is 2.79 bits per heavy atom. The largest absolute Gasteiger partial charge is 0.494 e. The lowest BCUT2D eigenvalue weighted by Gasteiger charge is -2.32. The van der Waals surface area contributed by atoms with Gasteiger partial charge in [0.15, 0.2) is 0 Å². The summed E-state index contributed by atoms with van der Waals surface area (Å²) in [6, 6.07) is 7.68. The van der Waals surface area contributed by atoms with Crippen molar-refractivity contribution in [1.82, 2.24) is 9.88 Å². The van der Waals surface area contributed by atoms with Crippen LogP contribution in [0.15, 0.2) is 36.7 Å². The van der Waals surface area contributed by atoms with Crippen molar-refractivity contribution in [3.8, 4) is 5.75 Å². The van der Waals surface area contributed by atoms with Crippen molar-refractivity contribution >= 4 is 17.5 Å². The third-order valence-electron chi connectivity index (χ3n) is 6.01. The van der Waals surface area contributed by atoms with E-state index in [0.29, 0.717) is 17.6 Å². The highest BCUT2D eigenvalue weighted by Gasteiger charge is 2.52. The number of hydrogen-bond acceptors (Lipinski definition) is 6. The first-order valence-corrected chi connectivity index (χ1v) is 9.42. The van der Waals surface area contributed by atoms with Gasteiger partial charge in [-0.2, -0.15) is 0 Å². The summed E-state index contributed by atoms with van der Waals surface area (Å²) in [7, 11) is 5.88. The van der Waals surface area contributed by atoms with Crippen molar-refractivity contribution in [2.45, 2.75) is 31.5 Å². The highest BCUT2D eigenvalue weighted by molar-refractivity contribution is 5.88. The van der Waals surface area contributed by atoms with E-state index in [-0.39, 0.29) is 12.0 Å². The number of carbonyl (C=O) groups excluding carboxylic acids is 1. The minimum Gasteiger partial charge on any atom is -0.494 e. The van der Waals surface area contributed by atoms with Crippen LogP contribution in [-0.4, -0.2) is 49.9 Å². The fourth-order valence-corrected chi connectivity index (χ4v) is 4.63. The van der Waals surface area contributed by atoms with Crippen LogP contribution in [-0.2, 0) is 16.8 Å². The van der Waals surface area contributed by atoms with Crippen molar-refractivity contribution < 1.29 is 14.3 Å². The molecular formula is C21H26N4O3. The van der Waals surface area contributed by atoms with Crippen LogP contribution in [0.4, 0.5) is 16.2 Å². The number of amides is 1. The Hall–Kier alpha value is -2.80. The van der Waals surface area contributed by atoms with E-state index in [2.05, 4.69) is 41.1 Å². The van der Waals surface area contributed by atoms with Crippen LogP contribution in [0, 0.1) is 0 Å². The molecule has 0 bridgehead atoms. The van der Waals surface area contributed by atoms with Crippen LogP contribution in [0.1, 0.15) is 24.5 Å². The molecule has 4 rings (SSSR count). The molecule has 28 heavy (non-hydrogen) atoms. The number of fused-ring (bicyclic) bond motifs is 3. The summed E-state index contributed by atoms with van der Waals surface area (Å²) in [5.41, 5.74) is 3.91. The van der Waals surface area contributed by atoms with E-state index in [1.54, 1.807) is 19.5 Å². The summed E-state index contributed by atoms with van der Waals surface area (Å²) < 4.78 is 10.9. The highest BCUT2D eigenvalue weighted by atomic mass is 16.5. The number of benzene rings is 1. The van der Waals surface area contributed by atoms with Crippen molar-refractivity contribution in [3.63, 3.8) is 0 Å². The van der Waals surface area contributed by atoms with E-state index in [4.69, 9.17) is 9.47 Å². The van der Waals surface area contributed by atoms with E-state index < -0.39 is 6.09 Å². The summed E-state index contributed by atoms with van der Waals surface area (Å²) in [5, 5.41) is 2.85. The fraction of sp³-hybridized carbons (Fsp3) is 0.429. The third-order valence-corrected chi connectivity index (χ3v) is 6.01. The van der Waals surface area contributed by atoms with Gasteiger partial charge in [-0.3, -0.25) is 15.2 Å². The molecule has 0 aliphatic carbocycles. The van der Waals surface area contributed by atoms with Crippen LogP contribution in [0.3, 0.4) is 0 Å². The van der Waals surface area contributed by atoms with Crippen molar-refractivity contribution in [3.05, 3.63) is 47.8 Å². The lowest BCUT2D eigenvalue weighted by Crippen LogP contribution is -2.45. The van der Waals surface area contributed by atoms with Gasteiger partial charge in [-0.15, -0.1) is 0 Å². The molecule has 1 fully saturated rings. The Morgan fingerprint density at radius 1 is 1.32 bits per heavy atom. The molecule has 1 aromatic heterocycles. The second-order valence-corrected chi connectivity index (χ2v) is 7.76. The zero-order chi connectivity index (χ0) is 19.9. The van der Waals surface area contributed by atoms with Gasteiger partial charge in [0.2, 0.25) is 0 Å². The van der Waals surface area contributed by atoms with E-state index >= 15 is 0 Å². The molecule has 0 saturated carbocycles. The van der Waals surface area contributed by atoms with Gasteiger partial charge < -0.3 is 14.4 Å². The number of methoxy groups -OCH3 is 1. The Morgan fingerprint density at radius 2 is 2.07 bits per heavy atom. The van der Waals surface area contributed by atoms with E-state index in [1.165, 1.54) is 5.56 Å². The van der Waals surface area contributed by atoms with Gasteiger partial charge in [-0.25, -0.2) is 4.79 Å². The van der Waals surface area contributed by atoms with Crippen LogP contribution >= 0.6 is 0 Å². The standard InChI is InChI=1S/C21H26N4O3/c1-21-7-10-24(2)19(21)25(3)17-12-18(27-4)16(11-15(17)21)23-20(26)28-13-14-5-8-22-9-6-14/h5-6,8-9,11-12,19H,7,10,13H2,1-4H3,(H,23,26). The molecule has 7 nitrogen and oxygen atoms in total. The molecule has 1 amide bonds. The van der Waals surface area contributed by atoms with Crippen LogP contribution in [0.5, 0.6) is 5.75 Å². The average molecular weight is 382 g/mol. The van der Waals surface area contributed by atoms with Gasteiger partial charge in [0.1, 0.15) is 12.4 Å². The molecule has 3 heterocycles. The summed E-state index contributed by atoms with van der Waals surface area (Å²) in [5.74, 6) is 0.623. The maximum atomic E-state index is 12.4. The lowest BCUT2D eigenvalue weighted by atomic mass is 9.81. The van der Waals surface area contributed by atoms with Gasteiger partial charge in [-0.1, -0.05) is 6.92 Å². The maximum absolute atomic E-state index is 12.4. The van der Waals surface area contributed by atoms with Crippen molar-refractivity contribution in [2.75, 3.05) is 38.0 Å². The Labute approximate surface area is 165 Å². The van der Waals surface area contributed by atoms with Gasteiger partial charge in [0.25, 0.3) is 0 Å². The molecule has 2 unspecified atom stereocenters. The second kappa shape index (κ2) is 6.98. The van der Waals surface area contributed by atoms with E-state index in [9.17, 15) is 4.79 Å². The number of aromatic nitrogens is 1. The number of anilines is 2. The number of carbonyl (C=O) groups is 1. The highest BCUT2D eigenvalue weighted by Crippen LogP contribution is 2.53. The minimum atomic E-state index is -0.508. The van der Waals surface area contributed by atoms with Gasteiger partial charge in [0.05, 0.1) is 19.0 Å². The van der Waals surface area contributed by atoms with Crippen molar-refractivity contribution in [2.24, 2.45) is 0 Å². The first-order chi connectivity index (χ1) is 13.4. The summed E-state index contributed by atoms with van der Waals surface area (Å²) >= 11 is 0. The first kappa shape index (κ1) is 18.6. The monoisotopic (exact) mass is 382 g/mol. The summed E-state index contributed by atoms with van der Waals surface area (Å²) in [6.07, 6.45) is 4.22. The third kappa shape index (κ3) is 2.96. The number of ether oxygens (including phenoxy) is 2. The zero-order valence-corrected chi connectivity index (χ0v) is 16.7. The number of rotatable bonds is 4. The average Bonchev–Trinajstić information content (AvgIpc) is 3.12. The number of likely N-dealkylation sites (N-methyl/N-ethyl adjacent to an activating group) is 2. The number of likely N-dealkylation sites (tertiary alicyclic amines) is 1. The Balaban J connectivity index is 1.57. The number of nitrogens with zero attached hydrogens (tertiary/aromatic N) is 3. The molecule has 1 saturated heterocycles. The number of pyridine rings is 1. The molecular weight excluding hydrogens is 356 g/mol. The van der Waals surface area contributed by atoms with Gasteiger partial charge in [0, 0.05) is 43.2 Å². The topological polar surface area (TPSA) is 66.9 Å². The first-order valence-electron chi connectivity index (χ1n) is 9.42. The summed E-state index contributed by atoms with van der Waals surface area (Å²) in [6.45, 7) is 3.53. The molecule has 2 aliphatic heterocycles. The Kier molecular flexibility index (Phi) is 4.63. The second-order valence-electron chi connectivity index (χ2n) is 7.76. The predicted molar refractivity (Wildman–Crippen MR) is 108 cm³/mol.